The molecule has 0 bridgehead atoms. The molecule has 1 N–H and O–H groups in total. The van der Waals surface area contributed by atoms with E-state index in [1.165, 1.54) is 6.33 Å². The van der Waals surface area contributed by atoms with Crippen molar-refractivity contribution in [3.05, 3.63) is 12.2 Å². The van der Waals surface area contributed by atoms with E-state index in [-0.39, 0.29) is 6.10 Å². The second kappa shape index (κ2) is 1.54. The lowest BCUT2D eigenvalue weighted by Gasteiger charge is -1.79. The van der Waals surface area contributed by atoms with Crippen molar-refractivity contribution in [2.75, 3.05) is 0 Å². The number of aromatic nitrogens is 3. The van der Waals surface area contributed by atoms with Gasteiger partial charge < -0.3 is 4.74 Å². The molecule has 0 aliphatic carbocycles. The molecule has 1 aliphatic rings. The molecule has 2 rings (SSSR count). The van der Waals surface area contributed by atoms with Gasteiger partial charge >= 0.3 is 0 Å². The van der Waals surface area contributed by atoms with Gasteiger partial charge in [-0.25, -0.2) is 4.98 Å². The van der Waals surface area contributed by atoms with Crippen LogP contribution in [0.5, 0.6) is 0 Å². The molecule has 9 heavy (non-hydrogen) atoms. The number of nitrogens with one attached hydrogen (secondary N) is 1. The maximum atomic E-state index is 5.13. The van der Waals surface area contributed by atoms with E-state index in [1.54, 1.807) is 0 Å². The fraction of sp³-hybridized carbons (Fsp3) is 0.600. The van der Waals surface area contributed by atoms with Gasteiger partial charge in [0, 0.05) is 0 Å². The summed E-state index contributed by atoms with van der Waals surface area (Å²) in [4.78, 5) is 3.94. The first-order valence-corrected chi connectivity index (χ1v) is 2.88. The lowest BCUT2D eigenvalue weighted by molar-refractivity contribution is 0.377. The normalized spacial score (nSPS) is 32.6. The lowest BCUT2D eigenvalue weighted by atomic mass is 10.3. The molecule has 48 valence electrons. The van der Waals surface area contributed by atoms with Crippen molar-refractivity contribution >= 4 is 0 Å². The number of rotatable bonds is 1. The lowest BCUT2D eigenvalue weighted by Crippen LogP contribution is -1.85. The first-order valence-electron chi connectivity index (χ1n) is 2.88. The average molecular weight is 125 g/mol. The smallest absolute Gasteiger partial charge is 0.156 e. The van der Waals surface area contributed by atoms with Gasteiger partial charge in [-0.3, -0.25) is 5.10 Å². The van der Waals surface area contributed by atoms with Crippen molar-refractivity contribution in [2.45, 2.75) is 19.1 Å². The Bertz CT molecular complexity index is 196. The van der Waals surface area contributed by atoms with Crippen LogP contribution >= 0.6 is 0 Å². The summed E-state index contributed by atoms with van der Waals surface area (Å²) in [6.45, 7) is 2.01. The Hall–Kier alpha value is -0.900. The summed E-state index contributed by atoms with van der Waals surface area (Å²) in [5.74, 6) is 0.836. The van der Waals surface area contributed by atoms with Crippen LogP contribution in [0.25, 0.3) is 0 Å². The van der Waals surface area contributed by atoms with E-state index in [0.717, 1.165) is 5.82 Å². The van der Waals surface area contributed by atoms with Crippen molar-refractivity contribution in [1.29, 1.82) is 0 Å². The molecule has 1 aromatic heterocycles. The zero-order chi connectivity index (χ0) is 6.27. The van der Waals surface area contributed by atoms with Crippen LogP contribution in [0.2, 0.25) is 0 Å². The summed E-state index contributed by atoms with van der Waals surface area (Å²) in [5.41, 5.74) is 0. The quantitative estimate of drug-likeness (QED) is 0.548. The predicted octanol–water partition coefficient (Wildman–Crippen LogP) is 0.265. The molecular weight excluding hydrogens is 118 g/mol. The fourth-order valence-corrected chi connectivity index (χ4v) is 0.825. The van der Waals surface area contributed by atoms with Gasteiger partial charge in [0.25, 0.3) is 0 Å². The molecule has 1 aromatic rings. The minimum atomic E-state index is 0.174. The second-order valence-corrected chi connectivity index (χ2v) is 2.13. The maximum absolute atomic E-state index is 5.13. The Kier molecular flexibility index (Phi) is 0.843. The number of hydrogen-bond donors (Lipinski definition) is 1. The molecule has 2 heterocycles. The van der Waals surface area contributed by atoms with Crippen molar-refractivity contribution in [1.82, 2.24) is 15.2 Å². The third-order valence-electron chi connectivity index (χ3n) is 1.41. The Balaban J connectivity index is 2.18. The highest BCUT2D eigenvalue weighted by Crippen LogP contribution is 2.35. The highest BCUT2D eigenvalue weighted by molar-refractivity contribution is 4.98. The minimum absolute atomic E-state index is 0.174. The molecule has 4 nitrogen and oxygen atoms in total. The van der Waals surface area contributed by atoms with Crippen LogP contribution in [0, 0.1) is 0 Å². The Morgan fingerprint density at radius 2 is 2.56 bits per heavy atom. The fourth-order valence-electron chi connectivity index (χ4n) is 0.825. The summed E-state index contributed by atoms with van der Waals surface area (Å²) in [7, 11) is 0. The maximum Gasteiger partial charge on any atom is 0.156 e. The molecule has 2 unspecified atom stereocenters. The Morgan fingerprint density at radius 1 is 1.78 bits per heavy atom. The number of ether oxygens (including phenoxy) is 1. The first kappa shape index (κ1) is 4.93. The van der Waals surface area contributed by atoms with Crippen LogP contribution in [0.1, 0.15) is 18.9 Å². The van der Waals surface area contributed by atoms with E-state index in [9.17, 15) is 0 Å². The summed E-state index contributed by atoms with van der Waals surface area (Å²) in [6.07, 6.45) is 1.98. The second-order valence-electron chi connectivity index (χ2n) is 2.13. The van der Waals surface area contributed by atoms with Gasteiger partial charge in [-0.05, 0) is 6.92 Å². The van der Waals surface area contributed by atoms with E-state index < -0.39 is 0 Å². The summed E-state index contributed by atoms with van der Waals surface area (Å²) in [5, 5.41) is 6.45. The van der Waals surface area contributed by atoms with Crippen LogP contribution in [0.15, 0.2) is 6.33 Å². The van der Waals surface area contributed by atoms with Gasteiger partial charge in [-0.15, -0.1) is 0 Å². The summed E-state index contributed by atoms with van der Waals surface area (Å²) >= 11 is 0. The number of nitrogens with zero attached hydrogens (tertiary/aromatic N) is 2. The van der Waals surface area contributed by atoms with Gasteiger partial charge in [0.1, 0.15) is 12.4 Å². The minimum Gasteiger partial charge on any atom is -0.361 e. The number of H-pyrrole nitrogens is 1. The van der Waals surface area contributed by atoms with Crippen LogP contribution in [-0.4, -0.2) is 21.3 Å². The van der Waals surface area contributed by atoms with E-state index >= 15 is 0 Å². The molecule has 4 heteroatoms. The molecule has 0 aromatic carbocycles. The van der Waals surface area contributed by atoms with Crippen LogP contribution < -0.4 is 0 Å². The van der Waals surface area contributed by atoms with Crippen molar-refractivity contribution in [3.63, 3.8) is 0 Å². The first-order chi connectivity index (χ1) is 4.38. The van der Waals surface area contributed by atoms with Gasteiger partial charge in [-0.2, -0.15) is 5.10 Å². The third kappa shape index (κ3) is 0.712. The Labute approximate surface area is 52.3 Å². The van der Waals surface area contributed by atoms with Gasteiger partial charge in [0.15, 0.2) is 5.82 Å². The molecule has 0 spiro atoms. The van der Waals surface area contributed by atoms with Gasteiger partial charge in [0.2, 0.25) is 0 Å². The topological polar surface area (TPSA) is 54.1 Å². The van der Waals surface area contributed by atoms with Crippen LogP contribution in [0.4, 0.5) is 0 Å². The number of epoxide rings is 1. The van der Waals surface area contributed by atoms with E-state index in [2.05, 4.69) is 15.2 Å². The standard InChI is InChI=1S/C5H7N3O/c1-3-4(9-3)5-6-2-7-8-5/h2-4H,1H3,(H,6,7,8). The molecule has 0 saturated carbocycles. The highest BCUT2D eigenvalue weighted by Gasteiger charge is 2.38. The average Bonchev–Trinajstić information content (AvgIpc) is 2.44. The SMILES string of the molecule is CC1OC1c1ncn[nH]1. The predicted molar refractivity (Wildman–Crippen MR) is 29.7 cm³/mol. The van der Waals surface area contributed by atoms with Crippen LogP contribution in [-0.2, 0) is 4.74 Å². The van der Waals surface area contributed by atoms with Crippen LogP contribution in [0.3, 0.4) is 0 Å². The summed E-state index contributed by atoms with van der Waals surface area (Å²) in [6, 6.07) is 0. The molecule has 1 aliphatic heterocycles. The highest BCUT2D eigenvalue weighted by atomic mass is 16.6. The number of aromatic amines is 1. The van der Waals surface area contributed by atoms with Gasteiger partial charge in [0.05, 0.1) is 6.10 Å². The molecule has 2 atom stereocenters. The molecule has 1 saturated heterocycles. The zero-order valence-corrected chi connectivity index (χ0v) is 5.03. The van der Waals surface area contributed by atoms with Crippen molar-refractivity contribution < 1.29 is 4.74 Å². The van der Waals surface area contributed by atoms with Gasteiger partial charge in [-0.1, -0.05) is 0 Å². The number of hydrogen-bond acceptors (Lipinski definition) is 3. The van der Waals surface area contributed by atoms with E-state index in [4.69, 9.17) is 4.74 Å². The monoisotopic (exact) mass is 125 g/mol. The summed E-state index contributed by atoms with van der Waals surface area (Å²) < 4.78 is 5.13. The Morgan fingerprint density at radius 3 is 3.00 bits per heavy atom. The van der Waals surface area contributed by atoms with Crippen molar-refractivity contribution in [2.24, 2.45) is 0 Å². The van der Waals surface area contributed by atoms with E-state index in [1.807, 2.05) is 6.92 Å². The largest absolute Gasteiger partial charge is 0.361 e. The molecule has 1 fully saturated rings. The van der Waals surface area contributed by atoms with Crippen molar-refractivity contribution in [3.8, 4) is 0 Å². The third-order valence-corrected chi connectivity index (χ3v) is 1.41. The molecule has 0 amide bonds. The zero-order valence-electron chi connectivity index (χ0n) is 5.03. The molecular formula is C5H7N3O. The molecule has 0 radical (unpaired) electrons. The van der Waals surface area contributed by atoms with E-state index in [0.29, 0.717) is 6.10 Å².